The lowest BCUT2D eigenvalue weighted by Crippen LogP contribution is -3.14. The number of esters is 1. The number of halogens is 1. The molecule has 2 N–H and O–H groups in total. The van der Waals surface area contributed by atoms with E-state index in [1.807, 2.05) is 32.9 Å². The molecular formula is C18H26ClN2O3+. The molecule has 0 spiro atoms. The van der Waals surface area contributed by atoms with Crippen molar-refractivity contribution in [2.75, 3.05) is 31.6 Å². The van der Waals surface area contributed by atoms with Crippen LogP contribution in [0.25, 0.3) is 0 Å². The molecule has 1 aliphatic rings. The molecule has 5 nitrogen and oxygen atoms in total. The number of carbonyl (C=O) groups excluding carboxylic acids is 2. The zero-order chi connectivity index (χ0) is 17.7. The van der Waals surface area contributed by atoms with Crippen molar-refractivity contribution >= 4 is 29.2 Å². The molecule has 1 saturated heterocycles. The number of carbonyl (C=O) groups is 2. The van der Waals surface area contributed by atoms with Crippen LogP contribution in [0.3, 0.4) is 0 Å². The van der Waals surface area contributed by atoms with Gasteiger partial charge in [0.15, 0.2) is 6.54 Å². The van der Waals surface area contributed by atoms with Crippen LogP contribution in [-0.4, -0.2) is 38.1 Å². The van der Waals surface area contributed by atoms with E-state index in [0.29, 0.717) is 23.9 Å². The highest BCUT2D eigenvalue weighted by atomic mass is 35.5. The van der Waals surface area contributed by atoms with Crippen molar-refractivity contribution in [1.82, 2.24) is 0 Å². The maximum Gasteiger partial charge on any atom is 0.309 e. The van der Waals surface area contributed by atoms with Crippen molar-refractivity contribution in [3.63, 3.8) is 0 Å². The van der Waals surface area contributed by atoms with Gasteiger partial charge in [-0.25, -0.2) is 0 Å². The summed E-state index contributed by atoms with van der Waals surface area (Å²) >= 11 is 6.23. The van der Waals surface area contributed by atoms with Gasteiger partial charge in [0, 0.05) is 12.8 Å². The molecule has 6 heteroatoms. The minimum atomic E-state index is -0.108. The monoisotopic (exact) mass is 353 g/mol. The van der Waals surface area contributed by atoms with Crippen molar-refractivity contribution < 1.29 is 19.2 Å². The highest BCUT2D eigenvalue weighted by Gasteiger charge is 2.29. The van der Waals surface area contributed by atoms with E-state index in [0.717, 1.165) is 37.1 Å². The van der Waals surface area contributed by atoms with Crippen molar-refractivity contribution in [3.05, 3.63) is 28.3 Å². The fourth-order valence-electron chi connectivity index (χ4n) is 3.18. The summed E-state index contributed by atoms with van der Waals surface area (Å²) in [7, 11) is 0. The zero-order valence-electron chi connectivity index (χ0n) is 14.6. The Hall–Kier alpha value is -1.59. The van der Waals surface area contributed by atoms with Crippen molar-refractivity contribution in [1.29, 1.82) is 0 Å². The van der Waals surface area contributed by atoms with Crippen LogP contribution >= 0.6 is 11.6 Å². The van der Waals surface area contributed by atoms with E-state index >= 15 is 0 Å². The fraction of sp³-hybridized carbons (Fsp3) is 0.556. The second kappa shape index (κ2) is 8.49. The zero-order valence-corrected chi connectivity index (χ0v) is 15.3. The number of ether oxygens (including phenoxy) is 1. The number of aryl methyl sites for hydroxylation is 2. The SMILES string of the molecule is CCOC(=O)C1CC[NH+](CC(=O)Nc2c(C)cc(C)cc2Cl)CC1. The van der Waals surface area contributed by atoms with Crippen LogP contribution in [0.1, 0.15) is 30.9 Å². The van der Waals surface area contributed by atoms with Gasteiger partial charge in [-0.2, -0.15) is 0 Å². The van der Waals surface area contributed by atoms with E-state index < -0.39 is 0 Å². The smallest absolute Gasteiger partial charge is 0.309 e. The van der Waals surface area contributed by atoms with E-state index in [-0.39, 0.29) is 17.8 Å². The highest BCUT2D eigenvalue weighted by Crippen LogP contribution is 2.27. The quantitative estimate of drug-likeness (QED) is 0.793. The van der Waals surface area contributed by atoms with Gasteiger partial charge < -0.3 is 15.0 Å². The summed E-state index contributed by atoms with van der Waals surface area (Å²) in [5.41, 5.74) is 2.72. The highest BCUT2D eigenvalue weighted by molar-refractivity contribution is 6.34. The number of likely N-dealkylation sites (tertiary alicyclic amines) is 1. The van der Waals surface area contributed by atoms with Crippen molar-refractivity contribution in [2.45, 2.75) is 33.6 Å². The van der Waals surface area contributed by atoms with Crippen LogP contribution in [-0.2, 0) is 14.3 Å². The second-order valence-corrected chi connectivity index (χ2v) is 6.85. The Labute approximate surface area is 148 Å². The van der Waals surface area contributed by atoms with Crippen molar-refractivity contribution in [3.8, 4) is 0 Å². The predicted molar refractivity (Wildman–Crippen MR) is 94.5 cm³/mol. The Bertz CT molecular complexity index is 587. The molecule has 1 heterocycles. The van der Waals surface area contributed by atoms with Gasteiger partial charge in [0.2, 0.25) is 0 Å². The molecule has 0 saturated carbocycles. The molecule has 0 radical (unpaired) electrons. The molecule has 1 fully saturated rings. The third-order valence-electron chi connectivity index (χ3n) is 4.42. The third-order valence-corrected chi connectivity index (χ3v) is 4.72. The van der Waals surface area contributed by atoms with Crippen molar-refractivity contribution in [2.24, 2.45) is 5.92 Å². The van der Waals surface area contributed by atoms with E-state index in [1.165, 1.54) is 4.90 Å². The topological polar surface area (TPSA) is 59.8 Å². The average molecular weight is 354 g/mol. The van der Waals surface area contributed by atoms with Crippen LogP contribution in [0.15, 0.2) is 12.1 Å². The Kier molecular flexibility index (Phi) is 6.63. The fourth-order valence-corrected chi connectivity index (χ4v) is 3.55. The van der Waals surface area contributed by atoms with Crippen LogP contribution in [0.4, 0.5) is 5.69 Å². The number of nitrogens with one attached hydrogen (secondary N) is 2. The molecule has 2 rings (SSSR count). The van der Waals surface area contributed by atoms with Gasteiger partial charge in [-0.05, 0) is 38.0 Å². The lowest BCUT2D eigenvalue weighted by atomic mass is 9.97. The van der Waals surface area contributed by atoms with Crippen LogP contribution in [0.5, 0.6) is 0 Å². The lowest BCUT2D eigenvalue weighted by Gasteiger charge is -2.27. The van der Waals surface area contributed by atoms with Gasteiger partial charge in [0.1, 0.15) is 0 Å². The second-order valence-electron chi connectivity index (χ2n) is 6.44. The van der Waals surface area contributed by atoms with Gasteiger partial charge in [-0.1, -0.05) is 17.7 Å². The van der Waals surface area contributed by atoms with Crippen LogP contribution in [0.2, 0.25) is 5.02 Å². The van der Waals surface area contributed by atoms with Gasteiger partial charge >= 0.3 is 5.97 Å². The molecule has 132 valence electrons. The number of benzene rings is 1. The molecule has 1 aromatic carbocycles. The Morgan fingerprint density at radius 3 is 2.54 bits per heavy atom. The molecule has 24 heavy (non-hydrogen) atoms. The first-order valence-corrected chi connectivity index (χ1v) is 8.85. The third kappa shape index (κ3) is 4.95. The molecule has 1 aliphatic heterocycles. The number of hydrogen-bond acceptors (Lipinski definition) is 3. The normalized spacial score (nSPS) is 20.5. The summed E-state index contributed by atoms with van der Waals surface area (Å²) in [6, 6.07) is 3.85. The Morgan fingerprint density at radius 1 is 1.29 bits per heavy atom. The molecule has 1 amide bonds. The first-order valence-electron chi connectivity index (χ1n) is 8.47. The molecule has 1 aromatic rings. The summed E-state index contributed by atoms with van der Waals surface area (Å²) in [6.07, 6.45) is 1.54. The largest absolute Gasteiger partial charge is 0.466 e. The molecule has 0 atom stereocenters. The predicted octanol–water partition coefficient (Wildman–Crippen LogP) is 1.75. The van der Waals surface area contributed by atoms with E-state index in [9.17, 15) is 9.59 Å². The summed E-state index contributed by atoms with van der Waals surface area (Å²) in [4.78, 5) is 25.2. The summed E-state index contributed by atoms with van der Waals surface area (Å²) < 4.78 is 5.07. The Balaban J connectivity index is 1.85. The number of rotatable bonds is 5. The van der Waals surface area contributed by atoms with Crippen LogP contribution < -0.4 is 10.2 Å². The molecule has 0 unspecified atom stereocenters. The lowest BCUT2D eigenvalue weighted by molar-refractivity contribution is -0.897. The maximum absolute atomic E-state index is 12.3. The van der Waals surface area contributed by atoms with Gasteiger partial charge in [0.05, 0.1) is 36.3 Å². The van der Waals surface area contributed by atoms with E-state index in [2.05, 4.69) is 5.32 Å². The number of amides is 1. The number of piperidine rings is 1. The number of anilines is 1. The molecule has 0 aliphatic carbocycles. The minimum Gasteiger partial charge on any atom is -0.466 e. The van der Waals surface area contributed by atoms with Gasteiger partial charge in [-0.3, -0.25) is 9.59 Å². The summed E-state index contributed by atoms with van der Waals surface area (Å²) in [6.45, 7) is 8.15. The van der Waals surface area contributed by atoms with Gasteiger partial charge in [-0.15, -0.1) is 0 Å². The summed E-state index contributed by atoms with van der Waals surface area (Å²) in [5.74, 6) is -0.179. The van der Waals surface area contributed by atoms with E-state index in [1.54, 1.807) is 0 Å². The molecule has 0 aromatic heterocycles. The average Bonchev–Trinajstić information content (AvgIpc) is 2.52. The maximum atomic E-state index is 12.3. The van der Waals surface area contributed by atoms with Gasteiger partial charge in [0.25, 0.3) is 5.91 Å². The Morgan fingerprint density at radius 2 is 1.96 bits per heavy atom. The number of hydrogen-bond donors (Lipinski definition) is 2. The molecular weight excluding hydrogens is 328 g/mol. The first kappa shape index (κ1) is 18.7. The van der Waals surface area contributed by atoms with Crippen LogP contribution in [0, 0.1) is 19.8 Å². The summed E-state index contributed by atoms with van der Waals surface area (Å²) in [5, 5.41) is 3.49. The van der Waals surface area contributed by atoms with E-state index in [4.69, 9.17) is 16.3 Å². The number of quaternary nitrogens is 1. The molecule has 0 bridgehead atoms. The first-order chi connectivity index (χ1) is 11.4. The minimum absolute atomic E-state index is 0.0226. The standard InChI is InChI=1S/C18H25ClN2O3/c1-4-24-18(23)14-5-7-21(8-6-14)11-16(22)20-17-13(3)9-12(2)10-15(17)19/h9-10,14H,4-8,11H2,1-3H3,(H,20,22)/p+1.